The van der Waals surface area contributed by atoms with E-state index in [9.17, 15) is 10.1 Å². The highest BCUT2D eigenvalue weighted by Crippen LogP contribution is 2.34. The Morgan fingerprint density at radius 2 is 2.08 bits per heavy atom. The van der Waals surface area contributed by atoms with Gasteiger partial charge < -0.3 is 5.73 Å². The summed E-state index contributed by atoms with van der Waals surface area (Å²) < 4.78 is 1.78. The molecule has 0 bridgehead atoms. The molecule has 0 fully saturated rings. The van der Waals surface area contributed by atoms with E-state index in [-0.39, 0.29) is 16.8 Å². The van der Waals surface area contributed by atoms with Crippen LogP contribution in [-0.4, -0.2) is 18.1 Å². The van der Waals surface area contributed by atoms with E-state index in [1.807, 2.05) is 22.9 Å². The molecule has 1 unspecified atom stereocenters. The summed E-state index contributed by atoms with van der Waals surface area (Å²) in [5, 5.41) is 16.1. The molecule has 2 heterocycles. The van der Waals surface area contributed by atoms with Crippen molar-refractivity contribution in [2.24, 2.45) is 5.73 Å². The van der Waals surface area contributed by atoms with Gasteiger partial charge in [0.2, 0.25) is 0 Å². The molecule has 1 aromatic carbocycles. The summed E-state index contributed by atoms with van der Waals surface area (Å²) in [5.41, 5.74) is 7.72. The van der Waals surface area contributed by atoms with E-state index in [0.29, 0.717) is 6.42 Å². The minimum atomic E-state index is -0.408. The van der Waals surface area contributed by atoms with E-state index in [4.69, 9.17) is 22.9 Å². The molecular formula is C16H13IN4O2S3. The number of halogens is 1. The molecule has 26 heavy (non-hydrogen) atoms. The third kappa shape index (κ3) is 4.37. The monoisotopic (exact) mass is 516 g/mol. The summed E-state index contributed by atoms with van der Waals surface area (Å²) in [6.45, 7) is 0. The van der Waals surface area contributed by atoms with Gasteiger partial charge in [0.05, 0.1) is 44.4 Å². The second-order valence-electron chi connectivity index (χ2n) is 5.35. The smallest absolute Gasteiger partial charge is 0.269 e. The number of rotatable bonds is 6. The third-order valence-corrected chi connectivity index (χ3v) is 7.27. The minimum absolute atomic E-state index is 0.0691. The van der Waals surface area contributed by atoms with Gasteiger partial charge in [-0.2, -0.15) is 0 Å². The van der Waals surface area contributed by atoms with Crippen LogP contribution in [0.1, 0.15) is 17.3 Å². The van der Waals surface area contributed by atoms with Gasteiger partial charge in [-0.15, -0.1) is 22.7 Å². The van der Waals surface area contributed by atoms with E-state index in [2.05, 4.69) is 22.9 Å². The first kappa shape index (κ1) is 19.1. The maximum Gasteiger partial charge on any atom is 0.269 e. The van der Waals surface area contributed by atoms with Gasteiger partial charge in [-0.3, -0.25) is 13.2 Å². The normalized spacial score (nSPS) is 11.9. The molecule has 0 saturated heterocycles. The molecule has 0 aliphatic carbocycles. The lowest BCUT2D eigenvalue weighted by Crippen LogP contribution is -2.32. The quantitative estimate of drug-likeness (QED) is 0.164. The number of aromatic nitrogens is 1. The van der Waals surface area contributed by atoms with Crippen LogP contribution in [0.5, 0.6) is 0 Å². The predicted molar refractivity (Wildman–Crippen MR) is 118 cm³/mol. The van der Waals surface area contributed by atoms with Crippen LogP contribution in [0.15, 0.2) is 47.2 Å². The topological polar surface area (TPSA) is 85.3 Å². The first-order valence-corrected chi connectivity index (χ1v) is 10.6. The Hall–Kier alpha value is -1.63. The van der Waals surface area contributed by atoms with Crippen LogP contribution < -0.4 is 5.73 Å². The summed E-state index contributed by atoms with van der Waals surface area (Å²) in [6, 6.07) is 10.4. The first-order valence-electron chi connectivity index (χ1n) is 7.43. The van der Waals surface area contributed by atoms with Gasteiger partial charge in [0.1, 0.15) is 5.01 Å². The molecule has 6 nitrogen and oxygen atoms in total. The third-order valence-electron chi connectivity index (χ3n) is 3.66. The van der Waals surface area contributed by atoms with E-state index < -0.39 is 4.92 Å². The largest absolute Gasteiger partial charge is 0.376 e. The molecule has 0 saturated carbocycles. The summed E-state index contributed by atoms with van der Waals surface area (Å²) in [6.07, 6.45) is 0.589. The number of nitrogens with two attached hydrogens (primary N) is 1. The highest BCUT2D eigenvalue weighted by molar-refractivity contribution is 14.1. The fourth-order valence-corrected chi connectivity index (χ4v) is 4.67. The average molecular weight is 516 g/mol. The van der Waals surface area contributed by atoms with Crippen molar-refractivity contribution in [3.63, 3.8) is 0 Å². The van der Waals surface area contributed by atoms with Crippen LogP contribution in [0.3, 0.4) is 0 Å². The van der Waals surface area contributed by atoms with Crippen molar-refractivity contribution in [3.05, 3.63) is 68.5 Å². The lowest BCUT2D eigenvalue weighted by molar-refractivity contribution is -0.384. The molecule has 0 radical (unpaired) electrons. The number of hydrogen-bond donors (Lipinski definition) is 1. The lowest BCUT2D eigenvalue weighted by atomic mass is 10.0. The second kappa shape index (κ2) is 8.37. The van der Waals surface area contributed by atoms with Gasteiger partial charge in [-0.1, -0.05) is 18.2 Å². The van der Waals surface area contributed by atoms with E-state index >= 15 is 0 Å². The van der Waals surface area contributed by atoms with Crippen molar-refractivity contribution in [2.45, 2.75) is 12.5 Å². The summed E-state index contributed by atoms with van der Waals surface area (Å²) in [7, 11) is 0. The molecule has 10 heteroatoms. The molecule has 0 spiro atoms. The molecule has 3 aromatic rings. The van der Waals surface area contributed by atoms with Crippen LogP contribution in [0, 0.1) is 10.1 Å². The second-order valence-corrected chi connectivity index (χ2v) is 8.61. The predicted octanol–water partition coefficient (Wildman–Crippen LogP) is 4.96. The number of thiophene rings is 1. The van der Waals surface area contributed by atoms with E-state index in [0.717, 1.165) is 21.1 Å². The van der Waals surface area contributed by atoms with Crippen molar-refractivity contribution in [2.75, 3.05) is 0 Å². The average Bonchev–Trinajstić information content (AvgIpc) is 3.30. The molecular weight excluding hydrogens is 503 g/mol. The van der Waals surface area contributed by atoms with Crippen LogP contribution >= 0.6 is 57.8 Å². The summed E-state index contributed by atoms with van der Waals surface area (Å²) in [5.74, 6) is 0. The zero-order valence-corrected chi connectivity index (χ0v) is 17.8. The van der Waals surface area contributed by atoms with Crippen molar-refractivity contribution in [1.82, 2.24) is 8.10 Å². The van der Waals surface area contributed by atoms with Gasteiger partial charge in [0.25, 0.3) is 5.69 Å². The number of benzene rings is 1. The van der Waals surface area contributed by atoms with Crippen LogP contribution in [-0.2, 0) is 6.42 Å². The van der Waals surface area contributed by atoms with Crippen molar-refractivity contribution in [1.29, 1.82) is 0 Å². The Morgan fingerprint density at radius 1 is 1.35 bits per heavy atom. The minimum Gasteiger partial charge on any atom is -0.376 e. The van der Waals surface area contributed by atoms with Gasteiger partial charge in [-0.25, -0.2) is 4.98 Å². The Labute approximate surface area is 177 Å². The summed E-state index contributed by atoms with van der Waals surface area (Å²) in [4.78, 5) is 16.3. The highest BCUT2D eigenvalue weighted by atomic mass is 127. The molecule has 3 rings (SSSR count). The Balaban J connectivity index is 1.88. The molecule has 0 amide bonds. The molecule has 134 valence electrons. The molecule has 0 aliphatic heterocycles. The number of thiazole rings is 1. The Kier molecular flexibility index (Phi) is 6.16. The fourth-order valence-electron chi connectivity index (χ4n) is 2.38. The van der Waals surface area contributed by atoms with E-state index in [1.54, 1.807) is 37.9 Å². The fraction of sp³-hybridized carbons (Fsp3) is 0.125. The van der Waals surface area contributed by atoms with Crippen molar-refractivity contribution < 1.29 is 4.92 Å². The molecule has 2 N–H and O–H groups in total. The zero-order chi connectivity index (χ0) is 18.7. The van der Waals surface area contributed by atoms with Gasteiger partial charge in [-0.05, 0) is 35.6 Å². The summed E-state index contributed by atoms with van der Waals surface area (Å²) >= 11 is 10.4. The van der Waals surface area contributed by atoms with Gasteiger partial charge in [0.15, 0.2) is 5.11 Å². The standard InChI is InChI=1S/C16H13IN4O2S3/c17-20(16(18)24)13(8-10-3-5-11(6-4-10)21(22)23)12-9-26-15(19-12)14-2-1-7-25-14/h1-7,9,13H,8H2,(H2,18,24). The number of hydrogen-bond acceptors (Lipinski definition) is 6. The van der Waals surface area contributed by atoms with Crippen LogP contribution in [0.4, 0.5) is 5.69 Å². The van der Waals surface area contributed by atoms with Crippen molar-refractivity contribution >= 4 is 68.6 Å². The van der Waals surface area contributed by atoms with Gasteiger partial charge in [0, 0.05) is 17.5 Å². The number of nitro benzene ring substituents is 1. The van der Waals surface area contributed by atoms with E-state index in [1.165, 1.54) is 12.1 Å². The number of thiocarbonyl (C=S) groups is 1. The maximum absolute atomic E-state index is 10.8. The molecule has 0 aliphatic rings. The van der Waals surface area contributed by atoms with Crippen LogP contribution in [0.2, 0.25) is 0 Å². The first-order chi connectivity index (χ1) is 12.5. The van der Waals surface area contributed by atoms with Gasteiger partial charge >= 0.3 is 0 Å². The number of nitro groups is 1. The SMILES string of the molecule is NC(=S)N(I)C(Cc1ccc([N+](=O)[O-])cc1)c1csc(-c2cccs2)n1. The Bertz CT molecular complexity index is 912. The zero-order valence-electron chi connectivity index (χ0n) is 13.2. The Morgan fingerprint density at radius 3 is 2.65 bits per heavy atom. The molecule has 2 aromatic heterocycles. The number of non-ortho nitro benzene ring substituents is 1. The number of nitrogens with zero attached hydrogens (tertiary/aromatic N) is 3. The van der Waals surface area contributed by atoms with Crippen molar-refractivity contribution in [3.8, 4) is 9.88 Å². The van der Waals surface area contributed by atoms with Crippen LogP contribution in [0.25, 0.3) is 9.88 Å². The lowest BCUT2D eigenvalue weighted by Gasteiger charge is -2.25. The maximum atomic E-state index is 10.8. The molecule has 1 atom stereocenters. The highest BCUT2D eigenvalue weighted by Gasteiger charge is 2.24.